The van der Waals surface area contributed by atoms with Gasteiger partial charge in [-0.05, 0) is 12.1 Å². The second kappa shape index (κ2) is 4.96. The van der Waals surface area contributed by atoms with Gasteiger partial charge in [-0.25, -0.2) is 0 Å². The van der Waals surface area contributed by atoms with Gasteiger partial charge in [-0.2, -0.15) is 5.26 Å². The number of nitriles is 1. The minimum Gasteiger partial charge on any atom is -0.493 e. The van der Waals surface area contributed by atoms with Crippen molar-refractivity contribution in [1.29, 1.82) is 5.26 Å². The number of ether oxygens (including phenoxy) is 2. The molecule has 1 aliphatic rings. The van der Waals surface area contributed by atoms with Crippen molar-refractivity contribution in [2.24, 2.45) is 0 Å². The average Bonchev–Trinajstić information content (AvgIpc) is 2.71. The number of hydrogen-bond donors (Lipinski definition) is 0. The first-order valence-corrected chi connectivity index (χ1v) is 5.65. The van der Waals surface area contributed by atoms with Crippen LogP contribution in [0.15, 0.2) is 18.2 Å². The number of nitrogens with zero attached hydrogens (tertiary/aromatic N) is 2. The number of methoxy groups -OCH3 is 1. The van der Waals surface area contributed by atoms with Gasteiger partial charge in [0.05, 0.1) is 18.7 Å². The van der Waals surface area contributed by atoms with E-state index in [9.17, 15) is 4.79 Å². The largest absolute Gasteiger partial charge is 0.493 e. The van der Waals surface area contributed by atoms with Crippen LogP contribution in [0.3, 0.4) is 0 Å². The molecular formula is C13H14N2O3. The summed E-state index contributed by atoms with van der Waals surface area (Å²) >= 11 is 0. The van der Waals surface area contributed by atoms with Crippen LogP contribution in [-0.2, 0) is 4.79 Å². The Labute approximate surface area is 106 Å². The van der Waals surface area contributed by atoms with E-state index < -0.39 is 6.10 Å². The van der Waals surface area contributed by atoms with Crippen LogP contribution in [0.25, 0.3) is 0 Å². The fourth-order valence-corrected chi connectivity index (χ4v) is 1.89. The van der Waals surface area contributed by atoms with E-state index in [0.29, 0.717) is 30.0 Å². The van der Waals surface area contributed by atoms with Crippen molar-refractivity contribution in [3.8, 4) is 17.6 Å². The number of likely N-dealkylation sites (tertiary alicyclic amines) is 1. The Hall–Kier alpha value is -2.22. The topological polar surface area (TPSA) is 62.6 Å². The highest BCUT2D eigenvalue weighted by molar-refractivity contribution is 5.83. The lowest BCUT2D eigenvalue weighted by Crippen LogP contribution is -2.29. The predicted octanol–water partition coefficient (Wildman–Crippen LogP) is 1.18. The molecule has 2 rings (SSSR count). The first-order valence-electron chi connectivity index (χ1n) is 5.65. The number of hydrogen-bond acceptors (Lipinski definition) is 4. The van der Waals surface area contributed by atoms with E-state index in [4.69, 9.17) is 14.7 Å². The fourth-order valence-electron chi connectivity index (χ4n) is 1.89. The lowest BCUT2D eigenvalue weighted by molar-refractivity contribution is -0.132. The third-order valence-corrected chi connectivity index (χ3v) is 2.94. The lowest BCUT2D eigenvalue weighted by Gasteiger charge is -2.15. The van der Waals surface area contributed by atoms with Crippen LogP contribution < -0.4 is 9.47 Å². The second-order valence-corrected chi connectivity index (χ2v) is 4.13. The molecule has 0 radical (unpaired) electrons. The molecule has 1 heterocycles. The number of likely N-dealkylation sites (N-methyl/N-ethyl adjacent to an activating group) is 1. The Bertz CT molecular complexity index is 507. The summed E-state index contributed by atoms with van der Waals surface area (Å²) < 4.78 is 10.8. The molecule has 0 spiro atoms. The van der Waals surface area contributed by atoms with Crippen LogP contribution in [0.2, 0.25) is 0 Å². The number of amides is 1. The van der Waals surface area contributed by atoms with Crippen molar-refractivity contribution in [1.82, 2.24) is 4.90 Å². The molecule has 1 aromatic rings. The Balaban J connectivity index is 2.19. The van der Waals surface area contributed by atoms with Crippen molar-refractivity contribution in [2.75, 3.05) is 20.7 Å². The molecule has 0 saturated carbocycles. The molecule has 5 heteroatoms. The van der Waals surface area contributed by atoms with Gasteiger partial charge in [0.15, 0.2) is 17.6 Å². The van der Waals surface area contributed by atoms with Gasteiger partial charge in [0.2, 0.25) is 0 Å². The average molecular weight is 246 g/mol. The molecule has 5 nitrogen and oxygen atoms in total. The molecule has 18 heavy (non-hydrogen) atoms. The first kappa shape index (κ1) is 12.2. The van der Waals surface area contributed by atoms with E-state index in [0.717, 1.165) is 0 Å². The van der Waals surface area contributed by atoms with Gasteiger partial charge in [0, 0.05) is 26.1 Å². The number of benzene rings is 1. The predicted molar refractivity (Wildman–Crippen MR) is 64.4 cm³/mol. The molecule has 1 saturated heterocycles. The van der Waals surface area contributed by atoms with E-state index in [1.807, 2.05) is 6.07 Å². The van der Waals surface area contributed by atoms with Gasteiger partial charge in [0.25, 0.3) is 5.91 Å². The Kier molecular flexibility index (Phi) is 3.38. The third kappa shape index (κ3) is 2.23. The lowest BCUT2D eigenvalue weighted by atomic mass is 10.2. The summed E-state index contributed by atoms with van der Waals surface area (Å²) in [4.78, 5) is 13.4. The second-order valence-electron chi connectivity index (χ2n) is 4.13. The molecule has 0 aromatic heterocycles. The zero-order chi connectivity index (χ0) is 13.1. The van der Waals surface area contributed by atoms with Crippen LogP contribution in [-0.4, -0.2) is 37.6 Å². The highest BCUT2D eigenvalue weighted by Gasteiger charge is 2.31. The molecule has 1 amide bonds. The van der Waals surface area contributed by atoms with Gasteiger partial charge < -0.3 is 14.4 Å². The van der Waals surface area contributed by atoms with Crippen LogP contribution in [0.5, 0.6) is 11.5 Å². The summed E-state index contributed by atoms with van der Waals surface area (Å²) in [5, 5.41) is 8.80. The molecule has 1 fully saturated rings. The van der Waals surface area contributed by atoms with Crippen LogP contribution in [0, 0.1) is 11.3 Å². The Morgan fingerprint density at radius 1 is 1.44 bits per heavy atom. The van der Waals surface area contributed by atoms with E-state index >= 15 is 0 Å². The van der Waals surface area contributed by atoms with Crippen molar-refractivity contribution in [3.63, 3.8) is 0 Å². The van der Waals surface area contributed by atoms with Crippen LogP contribution >= 0.6 is 0 Å². The monoisotopic (exact) mass is 246 g/mol. The van der Waals surface area contributed by atoms with Crippen molar-refractivity contribution < 1.29 is 14.3 Å². The maximum Gasteiger partial charge on any atom is 0.263 e. The Morgan fingerprint density at radius 3 is 2.78 bits per heavy atom. The summed E-state index contributed by atoms with van der Waals surface area (Å²) in [6, 6.07) is 6.92. The summed E-state index contributed by atoms with van der Waals surface area (Å²) in [5.74, 6) is 0.933. The number of carbonyl (C=O) groups is 1. The molecule has 94 valence electrons. The van der Waals surface area contributed by atoms with Gasteiger partial charge in [-0.3, -0.25) is 4.79 Å². The summed E-state index contributed by atoms with van der Waals surface area (Å²) in [5.41, 5.74) is 0.495. The fraction of sp³-hybridized carbons (Fsp3) is 0.385. The highest BCUT2D eigenvalue weighted by atomic mass is 16.5. The van der Waals surface area contributed by atoms with Gasteiger partial charge >= 0.3 is 0 Å². The summed E-state index contributed by atoms with van der Waals surface area (Å²) in [7, 11) is 3.26. The first-order chi connectivity index (χ1) is 8.65. The van der Waals surface area contributed by atoms with Crippen LogP contribution in [0.1, 0.15) is 12.0 Å². The Morgan fingerprint density at radius 2 is 2.22 bits per heavy atom. The number of carbonyl (C=O) groups excluding carboxylic acids is 1. The van der Waals surface area contributed by atoms with Crippen molar-refractivity contribution in [2.45, 2.75) is 12.5 Å². The van der Waals surface area contributed by atoms with Crippen molar-refractivity contribution in [3.05, 3.63) is 23.8 Å². The molecule has 1 atom stereocenters. The molecule has 1 aliphatic heterocycles. The van der Waals surface area contributed by atoms with Gasteiger partial charge in [-0.15, -0.1) is 0 Å². The van der Waals surface area contributed by atoms with E-state index in [1.165, 1.54) is 7.11 Å². The molecule has 1 aromatic carbocycles. The maximum absolute atomic E-state index is 11.7. The summed E-state index contributed by atoms with van der Waals surface area (Å²) in [6.07, 6.45) is 0.204. The van der Waals surface area contributed by atoms with Gasteiger partial charge in [0.1, 0.15) is 0 Å². The number of rotatable bonds is 3. The quantitative estimate of drug-likeness (QED) is 0.803. The minimum atomic E-state index is -0.461. The van der Waals surface area contributed by atoms with Crippen molar-refractivity contribution >= 4 is 5.91 Å². The van der Waals surface area contributed by atoms with E-state index in [-0.39, 0.29) is 5.91 Å². The molecule has 0 aliphatic carbocycles. The van der Waals surface area contributed by atoms with E-state index in [1.54, 1.807) is 30.1 Å². The van der Waals surface area contributed by atoms with Gasteiger partial charge in [-0.1, -0.05) is 0 Å². The highest BCUT2D eigenvalue weighted by Crippen LogP contribution is 2.30. The standard InChI is InChI=1S/C13H14N2O3/c1-15-6-5-11(13(15)16)18-10-4-3-9(8-14)7-12(10)17-2/h3-4,7,11H,5-6H2,1-2H3. The molecule has 0 bridgehead atoms. The smallest absolute Gasteiger partial charge is 0.263 e. The summed E-state index contributed by atoms with van der Waals surface area (Å²) in [6.45, 7) is 0.697. The molecule has 0 N–H and O–H groups in total. The zero-order valence-corrected chi connectivity index (χ0v) is 10.3. The molecule has 1 unspecified atom stereocenters. The molecular weight excluding hydrogens is 232 g/mol. The normalized spacial score (nSPS) is 18.6. The maximum atomic E-state index is 11.7. The third-order valence-electron chi connectivity index (χ3n) is 2.94. The van der Waals surface area contributed by atoms with Crippen LogP contribution in [0.4, 0.5) is 0 Å². The minimum absolute atomic E-state index is 0.0265. The van der Waals surface area contributed by atoms with E-state index in [2.05, 4.69) is 0 Å². The SMILES string of the molecule is COc1cc(C#N)ccc1OC1CCN(C)C1=O. The zero-order valence-electron chi connectivity index (χ0n) is 10.3.